The van der Waals surface area contributed by atoms with Crippen LogP contribution in [0.2, 0.25) is 0 Å². The van der Waals surface area contributed by atoms with Crippen LogP contribution in [0.3, 0.4) is 0 Å². The van der Waals surface area contributed by atoms with E-state index in [4.69, 9.17) is 4.42 Å². The molecule has 2 aromatic carbocycles. The topological polar surface area (TPSA) is 67.2 Å². The maximum Gasteiger partial charge on any atom is 0.239 e. The number of amides is 1. The van der Waals surface area contributed by atoms with Crippen molar-refractivity contribution in [2.45, 2.75) is 6.42 Å². The van der Waals surface area contributed by atoms with Crippen molar-refractivity contribution in [3.8, 4) is 11.5 Å². The van der Waals surface area contributed by atoms with Crippen molar-refractivity contribution >= 4 is 11.6 Å². The number of oxazole rings is 1. The monoisotopic (exact) mass is 339 g/mol. The third-order valence-electron chi connectivity index (χ3n) is 3.57. The second-order valence-electron chi connectivity index (χ2n) is 5.47. The molecule has 0 fully saturated rings. The Morgan fingerprint density at radius 2 is 1.84 bits per heavy atom. The second kappa shape index (κ2) is 8.10. The molecule has 0 saturated heterocycles. The minimum atomic E-state index is -0.303. The molecule has 0 radical (unpaired) electrons. The summed E-state index contributed by atoms with van der Waals surface area (Å²) < 4.78 is 18.3. The fourth-order valence-electron chi connectivity index (χ4n) is 2.28. The summed E-state index contributed by atoms with van der Waals surface area (Å²) in [5, 5.41) is 5.87. The van der Waals surface area contributed by atoms with E-state index < -0.39 is 0 Å². The summed E-state index contributed by atoms with van der Waals surface area (Å²) in [6.07, 6.45) is 2.11. The van der Waals surface area contributed by atoms with E-state index in [-0.39, 0.29) is 18.3 Å². The van der Waals surface area contributed by atoms with Gasteiger partial charge in [-0.05, 0) is 36.4 Å². The normalized spacial score (nSPS) is 10.4. The molecule has 25 heavy (non-hydrogen) atoms. The van der Waals surface area contributed by atoms with Crippen LogP contribution < -0.4 is 10.6 Å². The van der Waals surface area contributed by atoms with Crippen molar-refractivity contribution < 1.29 is 13.6 Å². The summed E-state index contributed by atoms with van der Waals surface area (Å²) in [5.41, 5.74) is 2.34. The van der Waals surface area contributed by atoms with Crippen LogP contribution in [0.4, 0.5) is 10.1 Å². The number of carbonyl (C=O) groups excluding carboxylic acids is 1. The fourth-order valence-corrected chi connectivity index (χ4v) is 2.28. The summed E-state index contributed by atoms with van der Waals surface area (Å²) in [6.45, 7) is 0.675. The zero-order valence-electron chi connectivity index (χ0n) is 13.5. The Labute approximate surface area is 144 Å². The first kappa shape index (κ1) is 16.7. The Hall–Kier alpha value is -3.15. The van der Waals surface area contributed by atoms with Gasteiger partial charge in [-0.1, -0.05) is 18.2 Å². The number of aromatic nitrogens is 1. The van der Waals surface area contributed by atoms with Crippen molar-refractivity contribution in [1.29, 1.82) is 0 Å². The maximum atomic E-state index is 12.9. The quantitative estimate of drug-likeness (QED) is 0.693. The number of nitrogens with zero attached hydrogens (tertiary/aromatic N) is 1. The highest BCUT2D eigenvalue weighted by Crippen LogP contribution is 2.18. The number of nitrogens with one attached hydrogen (secondary N) is 2. The number of rotatable bonds is 7. The van der Waals surface area contributed by atoms with Gasteiger partial charge in [0.25, 0.3) is 0 Å². The van der Waals surface area contributed by atoms with E-state index >= 15 is 0 Å². The molecule has 128 valence electrons. The smallest absolute Gasteiger partial charge is 0.239 e. The van der Waals surface area contributed by atoms with E-state index in [0.29, 0.717) is 24.4 Å². The Morgan fingerprint density at radius 1 is 1.08 bits per heavy atom. The molecule has 0 unspecified atom stereocenters. The van der Waals surface area contributed by atoms with Gasteiger partial charge in [-0.2, -0.15) is 0 Å². The van der Waals surface area contributed by atoms with Gasteiger partial charge in [-0.25, -0.2) is 9.37 Å². The maximum absolute atomic E-state index is 12.9. The van der Waals surface area contributed by atoms with Crippen LogP contribution in [0.1, 0.15) is 5.69 Å². The van der Waals surface area contributed by atoms with Gasteiger partial charge < -0.3 is 15.1 Å². The van der Waals surface area contributed by atoms with E-state index in [9.17, 15) is 9.18 Å². The number of benzene rings is 2. The lowest BCUT2D eigenvalue weighted by atomic mass is 10.2. The van der Waals surface area contributed by atoms with Gasteiger partial charge in [-0.15, -0.1) is 0 Å². The lowest BCUT2D eigenvalue weighted by Gasteiger charge is -2.06. The summed E-state index contributed by atoms with van der Waals surface area (Å²) in [7, 11) is 0. The van der Waals surface area contributed by atoms with E-state index in [1.165, 1.54) is 12.1 Å². The predicted molar refractivity (Wildman–Crippen MR) is 93.5 cm³/mol. The second-order valence-corrected chi connectivity index (χ2v) is 5.47. The van der Waals surface area contributed by atoms with Crippen molar-refractivity contribution in [1.82, 2.24) is 10.3 Å². The Balaban J connectivity index is 1.43. The van der Waals surface area contributed by atoms with Crippen LogP contribution in [0.25, 0.3) is 11.5 Å². The molecular formula is C19H18FN3O2. The molecule has 0 bridgehead atoms. The third-order valence-corrected chi connectivity index (χ3v) is 3.57. The first-order valence-corrected chi connectivity index (χ1v) is 7.97. The fraction of sp³-hybridized carbons (Fsp3) is 0.158. The molecule has 0 saturated carbocycles. The molecule has 3 aromatic rings. The van der Waals surface area contributed by atoms with E-state index in [1.807, 2.05) is 30.3 Å². The first-order valence-electron chi connectivity index (χ1n) is 7.97. The van der Waals surface area contributed by atoms with Gasteiger partial charge in [0.2, 0.25) is 11.8 Å². The molecule has 1 amide bonds. The molecule has 6 heteroatoms. The summed E-state index contributed by atoms with van der Waals surface area (Å²) in [6, 6.07) is 15.5. The lowest BCUT2D eigenvalue weighted by molar-refractivity contribution is -0.119. The van der Waals surface area contributed by atoms with Gasteiger partial charge in [0, 0.05) is 24.2 Å². The number of carbonyl (C=O) groups is 1. The first-order chi connectivity index (χ1) is 12.2. The molecule has 3 rings (SSSR count). The lowest BCUT2D eigenvalue weighted by Crippen LogP contribution is -2.31. The number of halogens is 1. The molecule has 0 aliphatic carbocycles. The largest absolute Gasteiger partial charge is 0.444 e. The van der Waals surface area contributed by atoms with Gasteiger partial charge in [0.05, 0.1) is 12.2 Å². The Kier molecular flexibility index (Phi) is 5.41. The van der Waals surface area contributed by atoms with Crippen molar-refractivity contribution in [2.24, 2.45) is 0 Å². The zero-order chi connectivity index (χ0) is 17.5. The standard InChI is InChI=1S/C19H18FN3O2/c20-15-8-6-14(7-9-15)19-23-17(13-25-19)10-11-21-18(24)12-22-16-4-2-1-3-5-16/h1-9,13,22H,10-12H2,(H,21,24). The Bertz CT molecular complexity index is 816. The number of anilines is 1. The number of hydrogen-bond donors (Lipinski definition) is 2. The molecule has 0 aliphatic rings. The van der Waals surface area contributed by atoms with Gasteiger partial charge >= 0.3 is 0 Å². The molecule has 1 heterocycles. The predicted octanol–water partition coefficient (Wildman–Crippen LogP) is 3.25. The van der Waals surface area contributed by atoms with Crippen LogP contribution in [0.15, 0.2) is 65.3 Å². The van der Waals surface area contributed by atoms with Gasteiger partial charge in [0.15, 0.2) is 0 Å². The van der Waals surface area contributed by atoms with Crippen LogP contribution in [0.5, 0.6) is 0 Å². The highest BCUT2D eigenvalue weighted by atomic mass is 19.1. The summed E-state index contributed by atoms with van der Waals surface area (Å²) in [5.74, 6) is 0.0422. The van der Waals surface area contributed by atoms with E-state index in [1.54, 1.807) is 18.4 Å². The van der Waals surface area contributed by atoms with Crippen molar-refractivity contribution in [2.75, 3.05) is 18.4 Å². The van der Waals surface area contributed by atoms with E-state index in [2.05, 4.69) is 15.6 Å². The molecule has 5 nitrogen and oxygen atoms in total. The molecule has 0 spiro atoms. The van der Waals surface area contributed by atoms with Crippen LogP contribution in [-0.2, 0) is 11.2 Å². The molecule has 0 atom stereocenters. The minimum Gasteiger partial charge on any atom is -0.444 e. The summed E-state index contributed by atoms with van der Waals surface area (Å²) >= 11 is 0. The molecule has 1 aromatic heterocycles. The van der Waals surface area contributed by atoms with Crippen LogP contribution in [0, 0.1) is 5.82 Å². The SMILES string of the molecule is O=C(CNc1ccccc1)NCCc1coc(-c2ccc(F)cc2)n1. The Morgan fingerprint density at radius 3 is 2.60 bits per heavy atom. The molecule has 0 aliphatic heterocycles. The van der Waals surface area contributed by atoms with Gasteiger partial charge in [0.1, 0.15) is 12.1 Å². The number of hydrogen-bond acceptors (Lipinski definition) is 4. The minimum absolute atomic E-state index is 0.0916. The summed E-state index contributed by atoms with van der Waals surface area (Å²) in [4.78, 5) is 16.2. The van der Waals surface area contributed by atoms with Crippen molar-refractivity contribution in [3.63, 3.8) is 0 Å². The average Bonchev–Trinajstić information content (AvgIpc) is 3.10. The molecule has 2 N–H and O–H groups in total. The molecular weight excluding hydrogens is 321 g/mol. The van der Waals surface area contributed by atoms with Crippen LogP contribution in [-0.4, -0.2) is 24.0 Å². The van der Waals surface area contributed by atoms with Crippen molar-refractivity contribution in [3.05, 3.63) is 72.4 Å². The zero-order valence-corrected chi connectivity index (χ0v) is 13.5. The number of para-hydroxylation sites is 1. The van der Waals surface area contributed by atoms with Gasteiger partial charge in [-0.3, -0.25) is 4.79 Å². The third kappa shape index (κ3) is 4.91. The highest BCUT2D eigenvalue weighted by molar-refractivity contribution is 5.80. The highest BCUT2D eigenvalue weighted by Gasteiger charge is 2.07. The van der Waals surface area contributed by atoms with Crippen LogP contribution >= 0.6 is 0 Å². The van der Waals surface area contributed by atoms with E-state index in [0.717, 1.165) is 11.4 Å². The average molecular weight is 339 g/mol.